The first kappa shape index (κ1) is 32.1. The van der Waals surface area contributed by atoms with Crippen LogP contribution in [0.4, 0.5) is 16.0 Å². The zero-order valence-corrected chi connectivity index (χ0v) is 27.1. The van der Waals surface area contributed by atoms with E-state index in [0.29, 0.717) is 11.2 Å². The second kappa shape index (κ2) is 11.6. The van der Waals surface area contributed by atoms with Crippen molar-refractivity contribution < 1.29 is 46.5 Å². The second-order valence-corrected chi connectivity index (χ2v) is 16.5. The molecule has 0 amide bonds. The summed E-state index contributed by atoms with van der Waals surface area (Å²) in [6.07, 6.45) is -2.30. The monoisotopic (exact) mass is 720 g/mol. The molecule has 7 rings (SSSR count). The van der Waals surface area contributed by atoms with Crippen molar-refractivity contribution in [2.45, 2.75) is 49.5 Å². The number of aromatic nitrogens is 8. The Labute approximate surface area is 268 Å². The summed E-state index contributed by atoms with van der Waals surface area (Å²) in [6, 6.07) is 0. The van der Waals surface area contributed by atoms with Crippen molar-refractivity contribution in [2.75, 3.05) is 31.3 Å². The molecule has 3 unspecified atom stereocenters. The van der Waals surface area contributed by atoms with E-state index < -0.39 is 62.7 Å². The van der Waals surface area contributed by atoms with Gasteiger partial charge in [0, 0.05) is 5.92 Å². The molecular weight excluding hydrogens is 693 g/mol. The van der Waals surface area contributed by atoms with Gasteiger partial charge >= 0.3 is 13.5 Å². The molecule has 248 valence electrons. The van der Waals surface area contributed by atoms with Crippen molar-refractivity contribution in [2.24, 2.45) is 5.92 Å². The Bertz CT molecular complexity index is 1900. The smallest absolute Gasteiger partial charge is 0.382 e. The van der Waals surface area contributed by atoms with E-state index in [1.807, 2.05) is 6.92 Å². The van der Waals surface area contributed by atoms with Gasteiger partial charge in [0.2, 0.25) is 0 Å². The molecule has 3 aliphatic heterocycles. The Morgan fingerprint density at radius 2 is 1.67 bits per heavy atom. The lowest BCUT2D eigenvalue weighted by Crippen LogP contribution is -2.42. The Balaban J connectivity index is 1.09. The molecule has 6 N–H and O–H groups in total. The number of halogens is 1. The summed E-state index contributed by atoms with van der Waals surface area (Å²) in [5.41, 5.74) is 11.9. The molecule has 0 radical (unpaired) electrons. The normalized spacial score (nSPS) is 33.5. The van der Waals surface area contributed by atoms with Crippen LogP contribution in [0, 0.1) is 5.92 Å². The first-order valence-electron chi connectivity index (χ1n) is 13.6. The molecule has 3 saturated heterocycles. The highest BCUT2D eigenvalue weighted by Gasteiger charge is 2.61. The fourth-order valence-electron chi connectivity index (χ4n) is 5.85. The minimum absolute atomic E-state index is 0.0575. The zero-order valence-electron chi connectivity index (χ0n) is 23.6. The van der Waals surface area contributed by atoms with Crippen LogP contribution in [-0.4, -0.2) is 98.7 Å². The third kappa shape index (κ3) is 5.59. The molecule has 19 nitrogen and oxygen atoms in total. The van der Waals surface area contributed by atoms with E-state index in [1.165, 1.54) is 29.9 Å². The third-order valence-electron chi connectivity index (χ3n) is 8.20. The highest BCUT2D eigenvalue weighted by Crippen LogP contribution is 2.55. The Kier molecular flexibility index (Phi) is 8.10. The van der Waals surface area contributed by atoms with E-state index in [-0.39, 0.29) is 41.9 Å². The van der Waals surface area contributed by atoms with E-state index in [2.05, 4.69) is 42.2 Å². The van der Waals surface area contributed by atoms with Crippen LogP contribution in [0.2, 0.25) is 0 Å². The Morgan fingerprint density at radius 3 is 2.28 bits per heavy atom. The number of hydrogen-bond donors (Lipinski definition) is 5. The fourth-order valence-corrected chi connectivity index (χ4v) is 7.85. The van der Waals surface area contributed by atoms with Crippen LogP contribution in [0.15, 0.2) is 25.3 Å². The summed E-state index contributed by atoms with van der Waals surface area (Å²) in [6.45, 7) is -7.47. The molecule has 0 aliphatic carbocycles. The number of hydrogen-bond acceptors (Lipinski definition) is 16. The predicted octanol–water partition coefficient (Wildman–Crippen LogP) is 1.03. The average Bonchev–Trinajstić information content (AvgIpc) is 3.80. The molecule has 4 aromatic rings. The van der Waals surface area contributed by atoms with E-state index >= 15 is 4.39 Å². The van der Waals surface area contributed by atoms with Gasteiger partial charge in [-0.05, 0) is 11.8 Å². The van der Waals surface area contributed by atoms with Gasteiger partial charge in [0.25, 0.3) is 0 Å². The highest BCUT2D eigenvalue weighted by molar-refractivity contribution is 8.44. The second-order valence-electron chi connectivity index (χ2n) is 10.9. The van der Waals surface area contributed by atoms with Crippen molar-refractivity contribution in [1.82, 2.24) is 39.0 Å². The minimum Gasteiger partial charge on any atom is -0.382 e. The highest BCUT2D eigenvalue weighted by atomic mass is 32.7. The lowest BCUT2D eigenvalue weighted by molar-refractivity contribution is -0.182. The number of nitrogen functional groups attached to an aromatic ring is 2. The molecule has 10 atom stereocenters. The van der Waals surface area contributed by atoms with Gasteiger partial charge < -0.3 is 40.0 Å². The first-order chi connectivity index (χ1) is 21.8. The van der Waals surface area contributed by atoms with E-state index in [1.54, 1.807) is 4.57 Å². The van der Waals surface area contributed by atoms with Gasteiger partial charge in [0.15, 0.2) is 41.6 Å². The molecule has 0 spiro atoms. The quantitative estimate of drug-likeness (QED) is 0.113. The number of fused-ring (bicyclic) bond motifs is 4. The molecule has 7 heterocycles. The molecule has 2 bridgehead atoms. The van der Waals surface area contributed by atoms with Gasteiger partial charge in [-0.1, -0.05) is 19.2 Å². The molecular formula is C22H27FN10O9P2S2. The SMILES string of the molecule is C[C@H]1[C@H]2OC[C@]1(COP(O)(=S)O[C@@H]1C(COP(=O)(O)S)O[C@@H](n3cnc4c(N)ncnc43)[C@@H]1F)O[C@H]2n1cnc2c(N)ncnc21. The minimum atomic E-state index is -4.31. The molecule has 0 saturated carbocycles. The molecule has 24 heteroatoms. The van der Waals surface area contributed by atoms with Gasteiger partial charge in [-0.15, -0.1) is 0 Å². The average molecular weight is 721 g/mol. The van der Waals surface area contributed by atoms with Crippen LogP contribution in [0.25, 0.3) is 22.3 Å². The van der Waals surface area contributed by atoms with Crippen LogP contribution < -0.4 is 11.5 Å². The number of thiol groups is 1. The summed E-state index contributed by atoms with van der Waals surface area (Å²) >= 11 is 8.79. The topological polar surface area (TPSA) is 252 Å². The number of rotatable bonds is 10. The third-order valence-corrected chi connectivity index (χ3v) is 10.6. The molecule has 3 fully saturated rings. The fraction of sp³-hybridized carbons (Fsp3) is 0.545. The summed E-state index contributed by atoms with van der Waals surface area (Å²) in [5.74, 6) is 0.0124. The first-order valence-corrected chi connectivity index (χ1v) is 18.9. The lowest BCUT2D eigenvalue weighted by atomic mass is 9.91. The maximum Gasteiger partial charge on any atom is 0.383 e. The maximum atomic E-state index is 16.1. The van der Waals surface area contributed by atoms with Crippen molar-refractivity contribution in [3.63, 3.8) is 0 Å². The van der Waals surface area contributed by atoms with Crippen molar-refractivity contribution in [1.29, 1.82) is 0 Å². The van der Waals surface area contributed by atoms with E-state index in [4.69, 9.17) is 51.1 Å². The predicted molar refractivity (Wildman–Crippen MR) is 162 cm³/mol. The molecule has 3 aliphatic rings. The van der Waals surface area contributed by atoms with E-state index in [9.17, 15) is 14.4 Å². The number of nitrogens with two attached hydrogens (primary N) is 2. The van der Waals surface area contributed by atoms with Crippen LogP contribution in [0.5, 0.6) is 0 Å². The largest absolute Gasteiger partial charge is 0.383 e. The number of ether oxygens (including phenoxy) is 3. The van der Waals surface area contributed by atoms with Gasteiger partial charge in [-0.25, -0.2) is 38.9 Å². The van der Waals surface area contributed by atoms with Crippen LogP contribution >= 0.6 is 25.8 Å². The van der Waals surface area contributed by atoms with Gasteiger partial charge in [0.1, 0.15) is 47.6 Å². The Hall–Kier alpha value is -2.46. The van der Waals surface area contributed by atoms with Crippen molar-refractivity contribution in [3.05, 3.63) is 25.3 Å². The summed E-state index contributed by atoms with van der Waals surface area (Å²) in [7, 11) is 0. The van der Waals surface area contributed by atoms with E-state index in [0.717, 1.165) is 0 Å². The summed E-state index contributed by atoms with van der Waals surface area (Å²) in [4.78, 5) is 45.3. The van der Waals surface area contributed by atoms with Gasteiger partial charge in [0.05, 0.1) is 32.5 Å². The van der Waals surface area contributed by atoms with Gasteiger partial charge in [-0.3, -0.25) is 18.2 Å². The Morgan fingerprint density at radius 1 is 1.07 bits per heavy atom. The molecule has 46 heavy (non-hydrogen) atoms. The number of nitrogens with zero attached hydrogens (tertiary/aromatic N) is 8. The van der Waals surface area contributed by atoms with Crippen LogP contribution in [-0.2, 0) is 44.2 Å². The van der Waals surface area contributed by atoms with Crippen LogP contribution in [0.1, 0.15) is 19.4 Å². The maximum absolute atomic E-state index is 16.1. The van der Waals surface area contributed by atoms with Gasteiger partial charge in [-0.2, -0.15) is 0 Å². The van der Waals surface area contributed by atoms with Crippen LogP contribution in [0.3, 0.4) is 0 Å². The summed E-state index contributed by atoms with van der Waals surface area (Å²) < 4.78 is 65.3. The summed E-state index contributed by atoms with van der Waals surface area (Å²) in [5, 5.41) is 0. The standard InChI is InChI=1S/C22H27FN10O9P2S2/c1-9-14-21(33-8-31-13-17(25)27-6-29-19(13)33)41-22(9,3-37-14)4-39-44(36,46)42-15-10(2-38-43(34,35)45)40-20(11(15)23)32-7-30-12-16(24)26-5-28-18(12)32/h5-11,14-15,20-21H,2-4H2,1H3,(H,36,46)(H2,24,26,28)(H2,25,27,29)(H2,34,35,45)/t9-,10?,11+,14+,15+,20+,21+,22+,44?/m0/s1. The van der Waals surface area contributed by atoms with Crippen molar-refractivity contribution in [3.8, 4) is 0 Å². The number of anilines is 2. The zero-order chi connectivity index (χ0) is 32.6. The lowest BCUT2D eigenvalue weighted by Gasteiger charge is -2.33. The van der Waals surface area contributed by atoms with Crippen molar-refractivity contribution >= 4 is 71.5 Å². The molecule has 4 aromatic heterocycles. The molecule has 0 aromatic carbocycles. The number of alkyl halides is 1. The number of imidazole rings is 2.